The van der Waals surface area contributed by atoms with Gasteiger partial charge in [0.2, 0.25) is 0 Å². The van der Waals surface area contributed by atoms with Gasteiger partial charge in [0.15, 0.2) is 4.80 Å². The van der Waals surface area contributed by atoms with Crippen molar-refractivity contribution in [2.75, 3.05) is 21.3 Å². The van der Waals surface area contributed by atoms with Crippen LogP contribution in [0.15, 0.2) is 77.4 Å². The summed E-state index contributed by atoms with van der Waals surface area (Å²) in [6.45, 7) is 0.650. The number of aromatic nitrogens is 2. The Hall–Kier alpha value is -3.58. The van der Waals surface area contributed by atoms with Crippen LogP contribution in [-0.4, -0.2) is 30.9 Å². The first kappa shape index (κ1) is 20.7. The maximum absolute atomic E-state index is 5.66. The van der Waals surface area contributed by atoms with Crippen LogP contribution in [0.3, 0.4) is 0 Å². The molecule has 7 heteroatoms. The highest BCUT2D eigenvalue weighted by Crippen LogP contribution is 2.34. The number of pyridine rings is 1. The third kappa shape index (κ3) is 4.62. The zero-order valence-electron chi connectivity index (χ0n) is 17.6. The molecule has 0 unspecified atom stereocenters. The molecule has 2 heterocycles. The standard InChI is InChI=1S/C24H23N3O3S/c1-28-19-8-6-17(7-9-19)15-27-22(21-11-10-20(29-2)13-23(21)30-3)16-31-24(27)26-18-5-4-12-25-14-18/h4-14,16H,15H2,1-3H3. The van der Waals surface area contributed by atoms with Gasteiger partial charge >= 0.3 is 0 Å². The van der Waals surface area contributed by atoms with E-state index in [1.807, 2.05) is 42.5 Å². The summed E-state index contributed by atoms with van der Waals surface area (Å²) in [6, 6.07) is 17.7. The lowest BCUT2D eigenvalue weighted by Gasteiger charge is -2.14. The van der Waals surface area contributed by atoms with Crippen LogP contribution in [0.4, 0.5) is 5.69 Å². The van der Waals surface area contributed by atoms with E-state index in [0.717, 1.165) is 44.6 Å². The molecule has 0 saturated carbocycles. The third-order valence-electron chi connectivity index (χ3n) is 4.85. The molecule has 0 spiro atoms. The van der Waals surface area contributed by atoms with Crippen LogP contribution >= 0.6 is 11.3 Å². The van der Waals surface area contributed by atoms with Crippen molar-refractivity contribution in [2.24, 2.45) is 4.99 Å². The molecule has 0 aliphatic carbocycles. The quantitative estimate of drug-likeness (QED) is 0.415. The van der Waals surface area contributed by atoms with Crippen molar-refractivity contribution < 1.29 is 14.2 Å². The Labute approximate surface area is 185 Å². The van der Waals surface area contributed by atoms with Crippen molar-refractivity contribution in [3.63, 3.8) is 0 Å². The molecule has 158 valence electrons. The molecule has 0 N–H and O–H groups in total. The normalized spacial score (nSPS) is 11.4. The van der Waals surface area contributed by atoms with Crippen LogP contribution in [-0.2, 0) is 6.54 Å². The van der Waals surface area contributed by atoms with Gasteiger partial charge in [-0.15, -0.1) is 11.3 Å². The van der Waals surface area contributed by atoms with Gasteiger partial charge < -0.3 is 18.8 Å². The van der Waals surface area contributed by atoms with E-state index in [4.69, 9.17) is 19.2 Å². The second-order valence-corrected chi connectivity index (χ2v) is 7.56. The fourth-order valence-electron chi connectivity index (χ4n) is 3.24. The third-order valence-corrected chi connectivity index (χ3v) is 5.72. The Kier molecular flexibility index (Phi) is 6.33. The molecule has 6 nitrogen and oxygen atoms in total. The fourth-order valence-corrected chi connectivity index (χ4v) is 4.16. The first-order valence-corrected chi connectivity index (χ1v) is 10.6. The first-order valence-electron chi connectivity index (χ1n) is 9.70. The van der Waals surface area contributed by atoms with Crippen LogP contribution in [0, 0.1) is 0 Å². The molecule has 0 amide bonds. The average Bonchev–Trinajstić information content (AvgIpc) is 3.21. The minimum atomic E-state index is 0.650. The molecule has 0 atom stereocenters. The van der Waals surface area contributed by atoms with E-state index in [1.165, 1.54) is 0 Å². The maximum atomic E-state index is 5.66. The zero-order chi connectivity index (χ0) is 21.6. The van der Waals surface area contributed by atoms with E-state index in [9.17, 15) is 0 Å². The smallest absolute Gasteiger partial charge is 0.190 e. The van der Waals surface area contributed by atoms with E-state index in [2.05, 4.69) is 27.1 Å². The summed E-state index contributed by atoms with van der Waals surface area (Å²) in [7, 11) is 4.98. The van der Waals surface area contributed by atoms with Gasteiger partial charge in [0.05, 0.1) is 45.5 Å². The number of benzene rings is 2. The molecule has 0 aliphatic heterocycles. The summed E-state index contributed by atoms with van der Waals surface area (Å²) in [5.41, 5.74) is 3.94. The zero-order valence-corrected chi connectivity index (χ0v) is 18.4. The van der Waals surface area contributed by atoms with Crippen LogP contribution in [0.25, 0.3) is 11.3 Å². The van der Waals surface area contributed by atoms with Crippen LogP contribution in [0.5, 0.6) is 17.2 Å². The highest BCUT2D eigenvalue weighted by Gasteiger charge is 2.14. The molecule has 0 radical (unpaired) electrons. The van der Waals surface area contributed by atoms with Crippen molar-refractivity contribution >= 4 is 17.0 Å². The molecule has 0 fully saturated rings. The Morgan fingerprint density at radius 1 is 0.935 bits per heavy atom. The second-order valence-electron chi connectivity index (χ2n) is 6.73. The predicted octanol–water partition coefficient (Wildman–Crippen LogP) is 4.92. The molecule has 0 aliphatic rings. The van der Waals surface area contributed by atoms with E-state index in [0.29, 0.717) is 6.54 Å². The highest BCUT2D eigenvalue weighted by molar-refractivity contribution is 7.07. The molecule has 4 aromatic rings. The lowest BCUT2D eigenvalue weighted by molar-refractivity contribution is 0.395. The number of methoxy groups -OCH3 is 3. The summed E-state index contributed by atoms with van der Waals surface area (Å²) >= 11 is 1.58. The largest absolute Gasteiger partial charge is 0.497 e. The predicted molar refractivity (Wildman–Crippen MR) is 122 cm³/mol. The monoisotopic (exact) mass is 433 g/mol. The van der Waals surface area contributed by atoms with Gasteiger partial charge in [0, 0.05) is 23.2 Å². The van der Waals surface area contributed by atoms with Crippen LogP contribution in [0.2, 0.25) is 0 Å². The molecule has 2 aromatic carbocycles. The maximum Gasteiger partial charge on any atom is 0.190 e. The Morgan fingerprint density at radius 3 is 2.39 bits per heavy atom. The van der Waals surface area contributed by atoms with Gasteiger partial charge in [-0.3, -0.25) is 4.98 Å². The summed E-state index contributed by atoms with van der Waals surface area (Å²) in [4.78, 5) is 9.89. The topological polar surface area (TPSA) is 57.9 Å². The van der Waals surface area contributed by atoms with Gasteiger partial charge in [-0.25, -0.2) is 4.99 Å². The average molecular weight is 434 g/mol. The number of rotatable bonds is 7. The van der Waals surface area contributed by atoms with Crippen molar-refractivity contribution in [1.29, 1.82) is 0 Å². The highest BCUT2D eigenvalue weighted by atomic mass is 32.1. The number of nitrogens with zero attached hydrogens (tertiary/aromatic N) is 3. The first-order chi connectivity index (χ1) is 15.2. The van der Waals surface area contributed by atoms with Crippen molar-refractivity contribution in [1.82, 2.24) is 9.55 Å². The Balaban J connectivity index is 1.85. The van der Waals surface area contributed by atoms with E-state index < -0.39 is 0 Å². The van der Waals surface area contributed by atoms with Crippen molar-refractivity contribution in [3.8, 4) is 28.5 Å². The molecular formula is C24H23N3O3S. The summed E-state index contributed by atoms with van der Waals surface area (Å²) < 4.78 is 18.5. The number of thiazole rings is 1. The van der Waals surface area contributed by atoms with E-state index >= 15 is 0 Å². The SMILES string of the molecule is COc1ccc(Cn2c(-c3ccc(OC)cc3OC)csc2=Nc2cccnc2)cc1. The molecule has 0 bridgehead atoms. The number of hydrogen-bond acceptors (Lipinski definition) is 6. The minimum Gasteiger partial charge on any atom is -0.497 e. The van der Waals surface area contributed by atoms with Gasteiger partial charge in [0.25, 0.3) is 0 Å². The molecule has 2 aromatic heterocycles. The van der Waals surface area contributed by atoms with Crippen molar-refractivity contribution in [3.05, 3.63) is 82.7 Å². The van der Waals surface area contributed by atoms with Gasteiger partial charge in [0.1, 0.15) is 17.2 Å². The van der Waals surface area contributed by atoms with Crippen LogP contribution < -0.4 is 19.0 Å². The Bertz CT molecular complexity index is 1220. The summed E-state index contributed by atoms with van der Waals surface area (Å²) in [6.07, 6.45) is 3.50. The van der Waals surface area contributed by atoms with Crippen LogP contribution in [0.1, 0.15) is 5.56 Å². The lowest BCUT2D eigenvalue weighted by atomic mass is 10.1. The summed E-state index contributed by atoms with van der Waals surface area (Å²) in [5.74, 6) is 2.32. The summed E-state index contributed by atoms with van der Waals surface area (Å²) in [5, 5.41) is 2.10. The Morgan fingerprint density at radius 2 is 1.71 bits per heavy atom. The molecule has 4 rings (SSSR count). The van der Waals surface area contributed by atoms with E-state index in [-0.39, 0.29) is 0 Å². The second kappa shape index (κ2) is 9.49. The molecular weight excluding hydrogens is 410 g/mol. The fraction of sp³-hybridized carbons (Fsp3) is 0.167. The van der Waals surface area contributed by atoms with Gasteiger partial charge in [-0.2, -0.15) is 0 Å². The lowest BCUT2D eigenvalue weighted by Crippen LogP contribution is -2.17. The molecule has 31 heavy (non-hydrogen) atoms. The molecule has 0 saturated heterocycles. The van der Waals surface area contributed by atoms with Gasteiger partial charge in [-0.05, 0) is 42.0 Å². The van der Waals surface area contributed by atoms with E-state index in [1.54, 1.807) is 45.1 Å². The van der Waals surface area contributed by atoms with Gasteiger partial charge in [-0.1, -0.05) is 12.1 Å². The number of ether oxygens (including phenoxy) is 3. The van der Waals surface area contributed by atoms with Crippen molar-refractivity contribution in [2.45, 2.75) is 6.54 Å². The minimum absolute atomic E-state index is 0.650. The number of hydrogen-bond donors (Lipinski definition) is 0.